The Morgan fingerprint density at radius 2 is 1.96 bits per heavy atom. The number of nitro benzene ring substituents is 1. The van der Waals surface area contributed by atoms with Crippen molar-refractivity contribution in [2.24, 2.45) is 0 Å². The number of amides is 1. The van der Waals surface area contributed by atoms with Gasteiger partial charge >= 0.3 is 0 Å². The molecule has 1 aromatic rings. The number of nitrogens with zero attached hydrogens (tertiary/aromatic N) is 3. The Labute approximate surface area is 144 Å². The van der Waals surface area contributed by atoms with Gasteiger partial charge in [-0.05, 0) is 37.0 Å². The molecule has 0 radical (unpaired) electrons. The van der Waals surface area contributed by atoms with Crippen LogP contribution >= 0.6 is 12.2 Å². The van der Waals surface area contributed by atoms with Crippen molar-refractivity contribution < 1.29 is 9.72 Å². The Kier molecular flexibility index (Phi) is 4.45. The predicted molar refractivity (Wildman–Crippen MR) is 94.7 cm³/mol. The van der Waals surface area contributed by atoms with Crippen LogP contribution in [-0.4, -0.2) is 54.1 Å². The maximum atomic E-state index is 11.7. The number of carbonyl (C=O) groups excluding carboxylic acids is 1. The lowest BCUT2D eigenvalue weighted by Gasteiger charge is -2.33. The molecule has 2 aliphatic rings. The number of piperazine rings is 1. The van der Waals surface area contributed by atoms with Crippen LogP contribution in [0.1, 0.15) is 5.56 Å². The van der Waals surface area contributed by atoms with E-state index in [2.05, 4.69) is 15.5 Å². The second-order valence-electron chi connectivity index (χ2n) is 5.76. The number of rotatable bonds is 3. The van der Waals surface area contributed by atoms with Crippen molar-refractivity contribution in [1.29, 1.82) is 0 Å². The first kappa shape index (κ1) is 16.3. The lowest BCUT2D eigenvalue weighted by Crippen LogP contribution is -2.44. The van der Waals surface area contributed by atoms with Crippen LogP contribution in [-0.2, 0) is 4.79 Å². The molecule has 0 saturated carbocycles. The van der Waals surface area contributed by atoms with Crippen molar-refractivity contribution >= 4 is 40.7 Å². The summed E-state index contributed by atoms with van der Waals surface area (Å²) < 4.78 is 0. The Balaban J connectivity index is 1.90. The number of benzene rings is 1. The van der Waals surface area contributed by atoms with E-state index in [-0.39, 0.29) is 27.3 Å². The first-order valence-corrected chi connectivity index (χ1v) is 7.91. The first-order valence-electron chi connectivity index (χ1n) is 7.50. The molecule has 0 unspecified atom stereocenters. The van der Waals surface area contributed by atoms with Crippen LogP contribution in [0.2, 0.25) is 0 Å². The highest BCUT2D eigenvalue weighted by molar-refractivity contribution is 7.80. The summed E-state index contributed by atoms with van der Waals surface area (Å²) >= 11 is 4.87. The Morgan fingerprint density at radius 3 is 2.54 bits per heavy atom. The van der Waals surface area contributed by atoms with Gasteiger partial charge < -0.3 is 15.1 Å². The third-order valence-corrected chi connectivity index (χ3v) is 4.28. The molecule has 2 fully saturated rings. The van der Waals surface area contributed by atoms with Crippen molar-refractivity contribution in [3.8, 4) is 0 Å². The number of hydrogen-bond acceptors (Lipinski definition) is 6. The summed E-state index contributed by atoms with van der Waals surface area (Å²) in [5.41, 5.74) is 1.49. The van der Waals surface area contributed by atoms with E-state index in [1.54, 1.807) is 18.2 Å². The molecule has 1 aromatic carbocycles. The molecule has 8 nitrogen and oxygen atoms in total. The minimum absolute atomic E-state index is 0.0369. The molecule has 126 valence electrons. The zero-order chi connectivity index (χ0) is 17.3. The summed E-state index contributed by atoms with van der Waals surface area (Å²) in [6, 6.07) is 4.99. The minimum Gasteiger partial charge on any atom is -0.363 e. The average Bonchev–Trinajstić information content (AvgIpc) is 2.85. The summed E-state index contributed by atoms with van der Waals surface area (Å²) in [4.78, 5) is 27.0. The molecule has 2 N–H and O–H groups in total. The van der Waals surface area contributed by atoms with E-state index < -0.39 is 0 Å². The minimum atomic E-state index is -0.386. The van der Waals surface area contributed by atoms with Gasteiger partial charge in [-0.3, -0.25) is 20.2 Å². The fourth-order valence-corrected chi connectivity index (χ4v) is 2.94. The zero-order valence-corrected chi connectivity index (χ0v) is 13.9. The van der Waals surface area contributed by atoms with Gasteiger partial charge in [0.1, 0.15) is 11.4 Å². The van der Waals surface area contributed by atoms with Crippen LogP contribution in [0.4, 0.5) is 11.4 Å². The second kappa shape index (κ2) is 6.54. The Bertz CT molecular complexity index is 741. The summed E-state index contributed by atoms with van der Waals surface area (Å²) in [5, 5.41) is 16.9. The summed E-state index contributed by atoms with van der Waals surface area (Å²) in [6.07, 6.45) is 1.55. The monoisotopic (exact) mass is 347 g/mol. The van der Waals surface area contributed by atoms with E-state index in [9.17, 15) is 14.9 Å². The van der Waals surface area contributed by atoms with E-state index in [0.717, 1.165) is 26.2 Å². The molecule has 2 saturated heterocycles. The quantitative estimate of drug-likeness (QED) is 0.360. The van der Waals surface area contributed by atoms with Gasteiger partial charge in [0, 0.05) is 32.2 Å². The summed E-state index contributed by atoms with van der Waals surface area (Å²) in [5.74, 6) is -0.342. The lowest BCUT2D eigenvalue weighted by molar-refractivity contribution is -0.384. The van der Waals surface area contributed by atoms with E-state index in [4.69, 9.17) is 12.2 Å². The molecule has 0 spiro atoms. The molecule has 2 heterocycles. The number of anilines is 1. The van der Waals surface area contributed by atoms with Crippen LogP contribution in [0, 0.1) is 10.1 Å². The van der Waals surface area contributed by atoms with Crippen LogP contribution in [0.25, 0.3) is 6.08 Å². The number of likely N-dealkylation sites (N-methyl/N-ethyl adjacent to an activating group) is 1. The highest BCUT2D eigenvalue weighted by Crippen LogP contribution is 2.30. The van der Waals surface area contributed by atoms with Crippen molar-refractivity contribution in [2.45, 2.75) is 0 Å². The molecule has 0 aromatic heterocycles. The molecule has 9 heteroatoms. The SMILES string of the molecule is CN1CCN(c2ccc(/C=C3/NC(=S)NC3=O)cc2[N+](=O)[O-])CC1. The van der Waals surface area contributed by atoms with Gasteiger partial charge in [-0.25, -0.2) is 0 Å². The molecule has 24 heavy (non-hydrogen) atoms. The highest BCUT2D eigenvalue weighted by atomic mass is 32.1. The van der Waals surface area contributed by atoms with E-state index in [1.165, 1.54) is 6.07 Å². The molecule has 3 rings (SSSR count). The molecule has 0 atom stereocenters. The third-order valence-electron chi connectivity index (χ3n) is 4.07. The lowest BCUT2D eigenvalue weighted by atomic mass is 10.1. The van der Waals surface area contributed by atoms with Crippen LogP contribution in [0.15, 0.2) is 23.9 Å². The molecule has 2 aliphatic heterocycles. The molecule has 0 bridgehead atoms. The molecular formula is C15H17N5O3S. The smallest absolute Gasteiger partial charge is 0.293 e. The number of nitro groups is 1. The average molecular weight is 347 g/mol. The van der Waals surface area contributed by atoms with Gasteiger partial charge in [-0.1, -0.05) is 6.07 Å². The van der Waals surface area contributed by atoms with Gasteiger partial charge in [-0.2, -0.15) is 0 Å². The van der Waals surface area contributed by atoms with Crippen molar-refractivity contribution in [2.75, 3.05) is 38.1 Å². The van der Waals surface area contributed by atoms with Crippen molar-refractivity contribution in [3.63, 3.8) is 0 Å². The van der Waals surface area contributed by atoms with Crippen LogP contribution < -0.4 is 15.5 Å². The second-order valence-corrected chi connectivity index (χ2v) is 6.17. The zero-order valence-electron chi connectivity index (χ0n) is 13.1. The molecule has 1 amide bonds. The maximum Gasteiger partial charge on any atom is 0.293 e. The number of carbonyl (C=O) groups is 1. The number of thiocarbonyl (C=S) groups is 1. The van der Waals surface area contributed by atoms with Gasteiger partial charge in [0.2, 0.25) is 0 Å². The van der Waals surface area contributed by atoms with Gasteiger partial charge in [0.25, 0.3) is 11.6 Å². The topological polar surface area (TPSA) is 90.8 Å². The largest absolute Gasteiger partial charge is 0.363 e. The van der Waals surface area contributed by atoms with Crippen LogP contribution in [0.5, 0.6) is 0 Å². The normalized spacial score (nSPS) is 20.2. The Morgan fingerprint density at radius 1 is 1.25 bits per heavy atom. The first-order chi connectivity index (χ1) is 11.4. The van der Waals surface area contributed by atoms with E-state index >= 15 is 0 Å². The highest BCUT2D eigenvalue weighted by Gasteiger charge is 2.24. The van der Waals surface area contributed by atoms with E-state index in [0.29, 0.717) is 11.3 Å². The number of nitrogens with one attached hydrogen (secondary N) is 2. The fraction of sp³-hybridized carbons (Fsp3) is 0.333. The summed E-state index contributed by atoms with van der Waals surface area (Å²) in [7, 11) is 2.03. The van der Waals surface area contributed by atoms with Crippen molar-refractivity contribution in [3.05, 3.63) is 39.6 Å². The molecular weight excluding hydrogens is 330 g/mol. The van der Waals surface area contributed by atoms with Gasteiger partial charge in [0.05, 0.1) is 4.92 Å². The Hall–Kier alpha value is -2.52. The number of hydrogen-bond donors (Lipinski definition) is 2. The van der Waals surface area contributed by atoms with Crippen molar-refractivity contribution in [1.82, 2.24) is 15.5 Å². The third kappa shape index (κ3) is 3.36. The predicted octanol–water partition coefficient (Wildman–Crippen LogP) is 0.692. The van der Waals surface area contributed by atoms with Gasteiger partial charge in [0.15, 0.2) is 5.11 Å². The molecule has 0 aliphatic carbocycles. The summed E-state index contributed by atoms with van der Waals surface area (Å²) in [6.45, 7) is 3.22. The van der Waals surface area contributed by atoms with Gasteiger partial charge in [-0.15, -0.1) is 0 Å². The van der Waals surface area contributed by atoms with E-state index in [1.807, 2.05) is 11.9 Å². The maximum absolute atomic E-state index is 11.7. The van der Waals surface area contributed by atoms with Crippen LogP contribution in [0.3, 0.4) is 0 Å². The standard InChI is InChI=1S/C15H17N5O3S/c1-18-4-6-19(7-5-18)12-3-2-10(9-13(12)20(22)23)8-11-14(21)17-15(24)16-11/h2-3,8-9H,4-7H2,1H3,(H2,16,17,21,24)/b11-8+. The fourth-order valence-electron chi connectivity index (χ4n) is 2.74.